The van der Waals surface area contributed by atoms with Crippen LogP contribution in [0.2, 0.25) is 5.02 Å². The molecule has 1 aromatic heterocycles. The van der Waals surface area contributed by atoms with Crippen LogP contribution >= 0.6 is 11.6 Å². The molecule has 164 valence electrons. The largest absolute Gasteiger partial charge is 0.495 e. The Morgan fingerprint density at radius 2 is 1.87 bits per heavy atom. The fourth-order valence-corrected chi connectivity index (χ4v) is 5.91. The molecule has 1 aliphatic rings. The van der Waals surface area contributed by atoms with E-state index in [0.717, 1.165) is 36.8 Å². The van der Waals surface area contributed by atoms with Crippen LogP contribution in [0, 0.1) is 6.92 Å². The second-order valence-corrected chi connectivity index (χ2v) is 9.96. The van der Waals surface area contributed by atoms with Gasteiger partial charge >= 0.3 is 0 Å². The quantitative estimate of drug-likeness (QED) is 0.500. The zero-order valence-electron chi connectivity index (χ0n) is 17.4. The summed E-state index contributed by atoms with van der Waals surface area (Å²) >= 11 is 6.11. The second kappa shape index (κ2) is 8.98. The highest BCUT2D eigenvalue weighted by atomic mass is 35.5. The van der Waals surface area contributed by atoms with E-state index >= 15 is 0 Å². The van der Waals surface area contributed by atoms with Crippen LogP contribution in [-0.4, -0.2) is 36.0 Å². The SMILES string of the molecule is COc1ccc(Cl)cc1S(=O)(=O)N(Cc1nc(-c2ccc(C)cc2)no1)C1CCCC1. The molecule has 1 fully saturated rings. The third-order valence-corrected chi connectivity index (χ3v) is 7.67. The molecule has 7 nitrogen and oxygen atoms in total. The van der Waals surface area contributed by atoms with Crippen LogP contribution in [0.3, 0.4) is 0 Å². The maximum atomic E-state index is 13.7. The van der Waals surface area contributed by atoms with E-state index in [2.05, 4.69) is 10.1 Å². The van der Waals surface area contributed by atoms with E-state index in [4.69, 9.17) is 20.9 Å². The molecule has 0 unspecified atom stereocenters. The highest BCUT2D eigenvalue weighted by Crippen LogP contribution is 2.35. The number of hydrogen-bond donors (Lipinski definition) is 0. The Balaban J connectivity index is 1.68. The maximum Gasteiger partial charge on any atom is 0.247 e. The first kappa shape index (κ1) is 21.8. The van der Waals surface area contributed by atoms with Crippen LogP contribution < -0.4 is 4.74 Å². The second-order valence-electron chi connectivity index (χ2n) is 7.66. The van der Waals surface area contributed by atoms with Crippen LogP contribution in [-0.2, 0) is 16.6 Å². The van der Waals surface area contributed by atoms with Crippen molar-refractivity contribution in [3.05, 3.63) is 58.9 Å². The minimum atomic E-state index is -3.91. The average molecular weight is 462 g/mol. The zero-order valence-corrected chi connectivity index (χ0v) is 19.0. The highest BCUT2D eigenvalue weighted by Gasteiger charge is 2.36. The van der Waals surface area contributed by atoms with Gasteiger partial charge in [0.15, 0.2) is 0 Å². The molecule has 0 aliphatic heterocycles. The van der Waals surface area contributed by atoms with E-state index < -0.39 is 10.0 Å². The summed E-state index contributed by atoms with van der Waals surface area (Å²) in [5, 5.41) is 4.37. The standard InChI is InChI=1S/C22H24ClN3O4S/c1-15-7-9-16(10-8-15)22-24-21(30-25-22)14-26(18-5-3-4-6-18)31(27,28)20-13-17(23)11-12-19(20)29-2/h7-13,18H,3-6,14H2,1-2H3. The molecule has 0 atom stereocenters. The molecule has 0 spiro atoms. The summed E-state index contributed by atoms with van der Waals surface area (Å²) in [6.45, 7) is 1.99. The Labute approximate surface area is 187 Å². The van der Waals surface area contributed by atoms with Crippen LogP contribution in [0.4, 0.5) is 0 Å². The van der Waals surface area contributed by atoms with Crippen molar-refractivity contribution in [2.45, 2.75) is 50.1 Å². The number of aromatic nitrogens is 2. The first-order valence-electron chi connectivity index (χ1n) is 10.1. The molecule has 1 aliphatic carbocycles. The summed E-state index contributed by atoms with van der Waals surface area (Å²) in [6, 6.07) is 12.2. The average Bonchev–Trinajstić information content (AvgIpc) is 3.44. The zero-order chi connectivity index (χ0) is 22.0. The number of nitrogens with zero attached hydrogens (tertiary/aromatic N) is 3. The lowest BCUT2D eigenvalue weighted by molar-refractivity contribution is 0.267. The lowest BCUT2D eigenvalue weighted by Crippen LogP contribution is -2.38. The summed E-state index contributed by atoms with van der Waals surface area (Å²) < 4.78 is 39.5. The van der Waals surface area contributed by atoms with Gasteiger partial charge in [0.2, 0.25) is 21.7 Å². The van der Waals surface area contributed by atoms with Crippen molar-refractivity contribution in [3.63, 3.8) is 0 Å². The Kier molecular flexibility index (Phi) is 6.31. The Bertz CT molecular complexity index is 1160. The molecular weight excluding hydrogens is 438 g/mol. The molecule has 1 heterocycles. The molecule has 31 heavy (non-hydrogen) atoms. The monoisotopic (exact) mass is 461 g/mol. The number of rotatable bonds is 7. The van der Waals surface area contributed by atoms with Crippen molar-refractivity contribution >= 4 is 21.6 Å². The van der Waals surface area contributed by atoms with Crippen molar-refractivity contribution in [1.82, 2.24) is 14.4 Å². The Morgan fingerprint density at radius 3 is 2.55 bits per heavy atom. The number of benzene rings is 2. The summed E-state index contributed by atoms with van der Waals surface area (Å²) in [6.07, 6.45) is 3.51. The van der Waals surface area contributed by atoms with Gasteiger partial charge in [0, 0.05) is 16.6 Å². The predicted octanol–water partition coefficient (Wildman–Crippen LogP) is 4.84. The van der Waals surface area contributed by atoms with E-state index in [9.17, 15) is 8.42 Å². The van der Waals surface area contributed by atoms with E-state index in [0.29, 0.717) is 10.8 Å². The van der Waals surface area contributed by atoms with Crippen LogP contribution in [0.25, 0.3) is 11.4 Å². The van der Waals surface area contributed by atoms with Gasteiger partial charge in [0.05, 0.1) is 13.7 Å². The Hall–Kier alpha value is -2.42. The molecule has 4 rings (SSSR count). The number of ether oxygens (including phenoxy) is 1. The van der Waals surface area contributed by atoms with Gasteiger partial charge < -0.3 is 9.26 Å². The summed E-state index contributed by atoms with van der Waals surface area (Å²) in [5.74, 6) is 0.921. The summed E-state index contributed by atoms with van der Waals surface area (Å²) in [7, 11) is -2.47. The van der Waals surface area contributed by atoms with Crippen molar-refractivity contribution in [3.8, 4) is 17.1 Å². The molecule has 0 N–H and O–H groups in total. The molecule has 0 bridgehead atoms. The highest BCUT2D eigenvalue weighted by molar-refractivity contribution is 7.89. The lowest BCUT2D eigenvalue weighted by Gasteiger charge is -2.27. The maximum absolute atomic E-state index is 13.7. The van der Waals surface area contributed by atoms with Gasteiger partial charge in [-0.05, 0) is 38.0 Å². The molecule has 0 saturated heterocycles. The molecule has 3 aromatic rings. The van der Waals surface area contributed by atoms with E-state index in [1.807, 2.05) is 31.2 Å². The van der Waals surface area contributed by atoms with Crippen LogP contribution in [0.15, 0.2) is 51.9 Å². The van der Waals surface area contributed by atoms with Crippen molar-refractivity contribution in [2.24, 2.45) is 0 Å². The number of halogens is 1. The number of hydrogen-bond acceptors (Lipinski definition) is 6. The van der Waals surface area contributed by atoms with Gasteiger partial charge in [0.25, 0.3) is 0 Å². The lowest BCUT2D eigenvalue weighted by atomic mass is 10.1. The topological polar surface area (TPSA) is 85.5 Å². The summed E-state index contributed by atoms with van der Waals surface area (Å²) in [4.78, 5) is 4.48. The number of aryl methyl sites for hydroxylation is 1. The van der Waals surface area contributed by atoms with Gasteiger partial charge in [-0.15, -0.1) is 0 Å². The van der Waals surface area contributed by atoms with Gasteiger partial charge in [-0.3, -0.25) is 0 Å². The van der Waals surface area contributed by atoms with Gasteiger partial charge in [0.1, 0.15) is 10.6 Å². The molecule has 2 aromatic carbocycles. The van der Waals surface area contributed by atoms with Crippen LogP contribution in [0.5, 0.6) is 5.75 Å². The van der Waals surface area contributed by atoms with E-state index in [1.54, 1.807) is 12.1 Å². The first-order chi connectivity index (χ1) is 14.9. The molecular formula is C22H24ClN3O4S. The predicted molar refractivity (Wildman–Crippen MR) is 117 cm³/mol. The fraction of sp³-hybridized carbons (Fsp3) is 0.364. The van der Waals surface area contributed by atoms with Gasteiger partial charge in [-0.2, -0.15) is 9.29 Å². The minimum absolute atomic E-state index is 0.0124. The third kappa shape index (κ3) is 4.61. The fourth-order valence-electron chi connectivity index (χ4n) is 3.85. The molecule has 0 amide bonds. The number of sulfonamides is 1. The minimum Gasteiger partial charge on any atom is -0.495 e. The van der Waals surface area contributed by atoms with E-state index in [-0.39, 0.29) is 29.1 Å². The van der Waals surface area contributed by atoms with Gasteiger partial charge in [-0.25, -0.2) is 8.42 Å². The third-order valence-electron chi connectivity index (χ3n) is 5.51. The number of methoxy groups -OCH3 is 1. The van der Waals surface area contributed by atoms with E-state index in [1.165, 1.54) is 17.5 Å². The van der Waals surface area contributed by atoms with Crippen molar-refractivity contribution < 1.29 is 17.7 Å². The smallest absolute Gasteiger partial charge is 0.247 e. The van der Waals surface area contributed by atoms with Gasteiger partial charge in [-0.1, -0.05) is 59.4 Å². The molecule has 0 radical (unpaired) electrons. The van der Waals surface area contributed by atoms with Crippen LogP contribution in [0.1, 0.15) is 37.1 Å². The first-order valence-corrected chi connectivity index (χ1v) is 12.0. The normalized spacial score (nSPS) is 15.0. The summed E-state index contributed by atoms with van der Waals surface area (Å²) in [5.41, 5.74) is 1.94. The molecule has 9 heteroatoms. The van der Waals surface area contributed by atoms with Crippen molar-refractivity contribution in [2.75, 3.05) is 7.11 Å². The molecule has 1 saturated carbocycles. The Morgan fingerprint density at radius 1 is 1.16 bits per heavy atom. The van der Waals surface area contributed by atoms with Crippen molar-refractivity contribution in [1.29, 1.82) is 0 Å².